The van der Waals surface area contributed by atoms with Gasteiger partial charge >= 0.3 is 6.09 Å². The van der Waals surface area contributed by atoms with E-state index in [-0.39, 0.29) is 12.1 Å². The quantitative estimate of drug-likeness (QED) is 0.653. The molecule has 0 spiro atoms. The van der Waals surface area contributed by atoms with E-state index in [4.69, 9.17) is 9.73 Å². The fourth-order valence-electron chi connectivity index (χ4n) is 3.99. The van der Waals surface area contributed by atoms with Gasteiger partial charge in [-0.1, -0.05) is 54.6 Å². The molecule has 0 radical (unpaired) electrons. The van der Waals surface area contributed by atoms with Crippen LogP contribution in [0.3, 0.4) is 0 Å². The van der Waals surface area contributed by atoms with E-state index in [9.17, 15) is 4.79 Å². The van der Waals surface area contributed by atoms with Gasteiger partial charge in [0.2, 0.25) is 0 Å². The van der Waals surface area contributed by atoms with Crippen molar-refractivity contribution in [2.24, 2.45) is 4.99 Å². The largest absolute Gasteiger partial charge is 0.444 e. The van der Waals surface area contributed by atoms with Crippen LogP contribution < -0.4 is 0 Å². The van der Waals surface area contributed by atoms with Crippen LogP contribution in [0.1, 0.15) is 45.6 Å². The molecular formula is C25H28N2O2. The first-order chi connectivity index (χ1) is 13.9. The van der Waals surface area contributed by atoms with Crippen LogP contribution in [0.2, 0.25) is 0 Å². The summed E-state index contributed by atoms with van der Waals surface area (Å²) in [6.45, 7) is 6.45. The second-order valence-electron chi connectivity index (χ2n) is 8.73. The van der Waals surface area contributed by atoms with Crippen molar-refractivity contribution in [2.75, 3.05) is 6.54 Å². The highest BCUT2D eigenvalue weighted by Gasteiger charge is 2.36. The molecule has 4 rings (SSSR count). The number of hydrogen-bond donors (Lipinski definition) is 0. The lowest BCUT2D eigenvalue weighted by atomic mass is 9.96. The Hall–Kier alpha value is -2.88. The number of nitrogens with zero attached hydrogens (tertiary/aromatic N) is 2. The number of rotatable bonds is 3. The minimum atomic E-state index is -0.481. The number of hydrogen-bond acceptors (Lipinski definition) is 3. The van der Waals surface area contributed by atoms with Gasteiger partial charge in [0.15, 0.2) is 0 Å². The molecule has 0 bridgehead atoms. The average molecular weight is 389 g/mol. The zero-order chi connectivity index (χ0) is 20.4. The van der Waals surface area contributed by atoms with Crippen LogP contribution in [-0.2, 0) is 4.74 Å². The molecule has 2 aromatic rings. The number of allylic oxidation sites excluding steroid dienone is 1. The van der Waals surface area contributed by atoms with Crippen molar-refractivity contribution in [1.29, 1.82) is 0 Å². The Kier molecular flexibility index (Phi) is 5.27. The Balaban J connectivity index is 1.42. The van der Waals surface area contributed by atoms with Crippen LogP contribution in [0.4, 0.5) is 4.79 Å². The smallest absolute Gasteiger partial charge is 0.410 e. The molecule has 29 heavy (non-hydrogen) atoms. The summed E-state index contributed by atoms with van der Waals surface area (Å²) in [6, 6.07) is 19.1. The summed E-state index contributed by atoms with van der Waals surface area (Å²) in [5.41, 5.74) is 5.40. The molecule has 4 nitrogen and oxygen atoms in total. The van der Waals surface area contributed by atoms with E-state index in [0.29, 0.717) is 0 Å². The second kappa shape index (κ2) is 7.86. The van der Waals surface area contributed by atoms with Gasteiger partial charge in [-0.25, -0.2) is 4.79 Å². The first kappa shape index (κ1) is 19.4. The van der Waals surface area contributed by atoms with E-state index in [1.165, 1.54) is 22.3 Å². The number of carbonyl (C=O) groups is 1. The molecule has 0 N–H and O–H groups in total. The zero-order valence-electron chi connectivity index (χ0n) is 17.4. The molecule has 1 saturated heterocycles. The third kappa shape index (κ3) is 4.42. The molecular weight excluding hydrogens is 360 g/mol. The SMILES string of the molecule is CC(C)(C)OC(=O)N1CCC[C@H]1C1=NC=C(c2ccc(-c3ccccc3)cc2)C1. The predicted molar refractivity (Wildman–Crippen MR) is 118 cm³/mol. The van der Waals surface area contributed by atoms with Gasteiger partial charge in [-0.2, -0.15) is 0 Å². The van der Waals surface area contributed by atoms with Gasteiger partial charge in [0.1, 0.15) is 5.60 Å². The van der Waals surface area contributed by atoms with Crippen LogP contribution in [0.15, 0.2) is 65.8 Å². The minimum Gasteiger partial charge on any atom is -0.444 e. The monoisotopic (exact) mass is 388 g/mol. The molecule has 2 aromatic carbocycles. The predicted octanol–water partition coefficient (Wildman–Crippen LogP) is 5.94. The summed E-state index contributed by atoms with van der Waals surface area (Å²) in [7, 11) is 0. The molecule has 0 unspecified atom stereocenters. The Morgan fingerprint density at radius 1 is 1.00 bits per heavy atom. The third-order valence-corrected chi connectivity index (χ3v) is 5.39. The van der Waals surface area contributed by atoms with Gasteiger partial charge in [-0.3, -0.25) is 9.89 Å². The van der Waals surface area contributed by atoms with Crippen molar-refractivity contribution in [3.8, 4) is 11.1 Å². The highest BCUT2D eigenvalue weighted by molar-refractivity contribution is 6.02. The summed E-state index contributed by atoms with van der Waals surface area (Å²) < 4.78 is 5.59. The maximum absolute atomic E-state index is 12.6. The van der Waals surface area contributed by atoms with Gasteiger partial charge in [0.25, 0.3) is 0 Å². The summed E-state index contributed by atoms with van der Waals surface area (Å²) >= 11 is 0. The third-order valence-electron chi connectivity index (χ3n) is 5.39. The van der Waals surface area contributed by atoms with Gasteiger partial charge < -0.3 is 4.74 Å². The molecule has 0 aromatic heterocycles. The zero-order valence-corrected chi connectivity index (χ0v) is 17.4. The molecule has 1 atom stereocenters. The van der Waals surface area contributed by atoms with E-state index in [0.717, 1.165) is 31.5 Å². The number of aliphatic imine (C=N–C) groups is 1. The summed E-state index contributed by atoms with van der Waals surface area (Å²) in [4.78, 5) is 19.1. The molecule has 2 aliphatic rings. The van der Waals surface area contributed by atoms with Crippen LogP contribution >= 0.6 is 0 Å². The van der Waals surface area contributed by atoms with Crippen molar-refractivity contribution < 1.29 is 9.53 Å². The molecule has 4 heteroatoms. The lowest BCUT2D eigenvalue weighted by Gasteiger charge is -2.28. The topological polar surface area (TPSA) is 41.9 Å². The molecule has 150 valence electrons. The first-order valence-electron chi connectivity index (χ1n) is 10.3. The standard InChI is InChI=1S/C25H28N2O2/c1-25(2,3)29-24(28)27-15-7-10-23(27)22-16-21(17-26-22)20-13-11-19(12-14-20)18-8-5-4-6-9-18/h4-6,8-9,11-14,17,23H,7,10,15-16H2,1-3H3/t23-/m0/s1. The minimum absolute atomic E-state index is 0.0437. The number of carbonyl (C=O) groups excluding carboxylic acids is 1. The number of likely N-dealkylation sites (tertiary alicyclic amines) is 1. The van der Waals surface area contributed by atoms with Crippen LogP contribution in [-0.4, -0.2) is 34.9 Å². The highest BCUT2D eigenvalue weighted by Crippen LogP contribution is 2.31. The van der Waals surface area contributed by atoms with Crippen molar-refractivity contribution in [1.82, 2.24) is 4.90 Å². The maximum Gasteiger partial charge on any atom is 0.410 e. The lowest BCUT2D eigenvalue weighted by Crippen LogP contribution is -2.43. The van der Waals surface area contributed by atoms with E-state index in [1.54, 1.807) is 0 Å². The summed E-state index contributed by atoms with van der Waals surface area (Å²) in [5.74, 6) is 0. The van der Waals surface area contributed by atoms with Gasteiger partial charge in [0.05, 0.1) is 6.04 Å². The summed E-state index contributed by atoms with van der Waals surface area (Å²) in [6.07, 6.45) is 4.45. The van der Waals surface area contributed by atoms with E-state index >= 15 is 0 Å². The van der Waals surface area contributed by atoms with Crippen LogP contribution in [0.5, 0.6) is 0 Å². The fourth-order valence-corrected chi connectivity index (χ4v) is 3.99. The summed E-state index contributed by atoms with van der Waals surface area (Å²) in [5, 5.41) is 0. The van der Waals surface area contributed by atoms with Crippen molar-refractivity contribution in [3.05, 3.63) is 66.4 Å². The fraction of sp³-hybridized carbons (Fsp3) is 0.360. The Labute approximate surface area is 172 Å². The van der Waals surface area contributed by atoms with Crippen molar-refractivity contribution in [3.63, 3.8) is 0 Å². The molecule has 1 amide bonds. The van der Waals surface area contributed by atoms with Gasteiger partial charge in [-0.15, -0.1) is 0 Å². The Bertz CT molecular complexity index is 937. The lowest BCUT2D eigenvalue weighted by molar-refractivity contribution is 0.0265. The van der Waals surface area contributed by atoms with Gasteiger partial charge in [-0.05, 0) is 55.9 Å². The second-order valence-corrected chi connectivity index (χ2v) is 8.73. The molecule has 2 heterocycles. The molecule has 2 aliphatic heterocycles. The number of ether oxygens (including phenoxy) is 1. The van der Waals surface area contributed by atoms with Crippen molar-refractivity contribution in [2.45, 2.75) is 51.7 Å². The van der Waals surface area contributed by atoms with E-state index < -0.39 is 5.60 Å². The number of amides is 1. The van der Waals surface area contributed by atoms with E-state index in [1.807, 2.05) is 37.9 Å². The Morgan fingerprint density at radius 2 is 1.66 bits per heavy atom. The van der Waals surface area contributed by atoms with Gasteiger partial charge in [0, 0.05) is 24.9 Å². The van der Waals surface area contributed by atoms with Crippen molar-refractivity contribution >= 4 is 17.4 Å². The average Bonchev–Trinajstić information content (AvgIpc) is 3.37. The Morgan fingerprint density at radius 3 is 2.34 bits per heavy atom. The van der Waals surface area contributed by atoms with E-state index in [2.05, 4.69) is 48.5 Å². The maximum atomic E-state index is 12.6. The molecule has 1 fully saturated rings. The first-order valence-corrected chi connectivity index (χ1v) is 10.3. The molecule has 0 aliphatic carbocycles. The number of benzene rings is 2. The normalized spacial score (nSPS) is 19.1. The van der Waals surface area contributed by atoms with Crippen LogP contribution in [0.25, 0.3) is 16.7 Å². The van der Waals surface area contributed by atoms with Crippen LogP contribution in [0, 0.1) is 0 Å². The highest BCUT2D eigenvalue weighted by atomic mass is 16.6. The molecule has 0 saturated carbocycles.